The number of nitrogens with two attached hydrogens (primary N) is 1. The molecule has 3 nitrogen and oxygen atoms in total. The largest absolute Gasteiger partial charge is 0.493 e. The molecule has 1 aromatic carbocycles. The van der Waals surface area contributed by atoms with Crippen molar-refractivity contribution < 1.29 is 9.47 Å². The summed E-state index contributed by atoms with van der Waals surface area (Å²) in [7, 11) is 3.27. The zero-order chi connectivity index (χ0) is 13.2. The first-order valence-electron chi connectivity index (χ1n) is 5.59. The average molecular weight is 302 g/mol. The van der Waals surface area contributed by atoms with Crippen molar-refractivity contribution >= 4 is 15.9 Å². The minimum absolute atomic E-state index is 0.497. The lowest BCUT2D eigenvalue weighted by Gasteiger charge is -2.26. The quantitative estimate of drug-likeness (QED) is 0.928. The predicted octanol–water partition coefficient (Wildman–Crippen LogP) is 3.22. The Hall–Kier alpha value is -0.740. The third-order valence-corrected chi connectivity index (χ3v) is 3.61. The van der Waals surface area contributed by atoms with Crippen LogP contribution in [-0.2, 0) is 12.0 Å². The van der Waals surface area contributed by atoms with Crippen LogP contribution in [0.1, 0.15) is 31.9 Å². The molecule has 0 spiro atoms. The van der Waals surface area contributed by atoms with Crippen molar-refractivity contribution in [3.63, 3.8) is 0 Å². The molecular formula is C13H20BrNO2. The highest BCUT2D eigenvalue weighted by atomic mass is 79.9. The van der Waals surface area contributed by atoms with Gasteiger partial charge in [0.1, 0.15) is 0 Å². The molecule has 0 unspecified atom stereocenters. The molecule has 0 saturated carbocycles. The first-order chi connectivity index (χ1) is 7.86. The summed E-state index contributed by atoms with van der Waals surface area (Å²) >= 11 is 3.62. The normalized spacial score (nSPS) is 11.5. The number of halogens is 1. The first-order valence-corrected chi connectivity index (χ1v) is 6.38. The Kier molecular flexibility index (Phi) is 4.44. The van der Waals surface area contributed by atoms with E-state index in [-0.39, 0.29) is 0 Å². The van der Waals surface area contributed by atoms with Crippen LogP contribution in [0.5, 0.6) is 11.5 Å². The van der Waals surface area contributed by atoms with Gasteiger partial charge in [-0.25, -0.2) is 0 Å². The van der Waals surface area contributed by atoms with E-state index in [2.05, 4.69) is 22.9 Å². The maximum atomic E-state index is 6.22. The minimum atomic E-state index is -0.497. The Bertz CT molecular complexity index is 411. The van der Waals surface area contributed by atoms with Crippen LogP contribution in [0.3, 0.4) is 0 Å². The molecule has 96 valence electrons. The molecule has 0 radical (unpaired) electrons. The maximum absolute atomic E-state index is 6.22. The fourth-order valence-corrected chi connectivity index (χ4v) is 2.94. The first kappa shape index (κ1) is 14.3. The highest BCUT2D eigenvalue weighted by Gasteiger charge is 2.27. The van der Waals surface area contributed by atoms with Gasteiger partial charge in [0.05, 0.1) is 14.2 Å². The van der Waals surface area contributed by atoms with Crippen LogP contribution in [0.15, 0.2) is 10.5 Å². The smallest absolute Gasteiger partial charge is 0.166 e. The molecule has 2 N–H and O–H groups in total. The maximum Gasteiger partial charge on any atom is 0.166 e. The molecule has 0 atom stereocenters. The molecule has 0 saturated heterocycles. The standard InChI is InChI=1S/C13H20BrNO2/c1-6-8-7-9(16-4)12(17-5)10(11(8)14)13(2,3)15/h7H,6,15H2,1-5H3. The summed E-state index contributed by atoms with van der Waals surface area (Å²) in [5, 5.41) is 0. The number of benzene rings is 1. The lowest BCUT2D eigenvalue weighted by molar-refractivity contribution is 0.342. The van der Waals surface area contributed by atoms with Crippen molar-refractivity contribution in [2.75, 3.05) is 14.2 Å². The van der Waals surface area contributed by atoms with Crippen LogP contribution in [0, 0.1) is 0 Å². The number of hydrogen-bond acceptors (Lipinski definition) is 3. The third kappa shape index (κ3) is 2.75. The van der Waals surface area contributed by atoms with E-state index in [1.165, 1.54) is 0 Å². The van der Waals surface area contributed by atoms with E-state index in [0.717, 1.165) is 27.8 Å². The zero-order valence-corrected chi connectivity index (χ0v) is 12.6. The zero-order valence-electron chi connectivity index (χ0n) is 11.1. The Morgan fingerprint density at radius 3 is 2.24 bits per heavy atom. The molecule has 0 heterocycles. The second-order valence-corrected chi connectivity index (χ2v) is 5.33. The molecule has 0 bridgehead atoms. The lowest BCUT2D eigenvalue weighted by Crippen LogP contribution is -2.30. The number of methoxy groups -OCH3 is 2. The molecule has 0 aliphatic heterocycles. The van der Waals surface area contributed by atoms with E-state index >= 15 is 0 Å². The van der Waals surface area contributed by atoms with Gasteiger partial charge < -0.3 is 15.2 Å². The van der Waals surface area contributed by atoms with Crippen molar-refractivity contribution in [3.8, 4) is 11.5 Å². The number of ether oxygens (including phenoxy) is 2. The van der Waals surface area contributed by atoms with Gasteiger partial charge in [-0.15, -0.1) is 0 Å². The third-order valence-electron chi connectivity index (χ3n) is 2.71. The van der Waals surface area contributed by atoms with Crippen LogP contribution in [0.25, 0.3) is 0 Å². The Balaban J connectivity index is 3.62. The molecule has 0 aliphatic carbocycles. The van der Waals surface area contributed by atoms with Crippen LogP contribution >= 0.6 is 15.9 Å². The van der Waals surface area contributed by atoms with E-state index < -0.39 is 5.54 Å². The van der Waals surface area contributed by atoms with Crippen molar-refractivity contribution in [2.45, 2.75) is 32.7 Å². The molecule has 0 amide bonds. The Labute approximate surface area is 111 Å². The van der Waals surface area contributed by atoms with Crippen molar-refractivity contribution in [1.82, 2.24) is 0 Å². The average Bonchev–Trinajstić information content (AvgIpc) is 2.26. The van der Waals surface area contributed by atoms with Gasteiger partial charge in [0.2, 0.25) is 0 Å². The molecular weight excluding hydrogens is 282 g/mol. The second-order valence-electron chi connectivity index (χ2n) is 4.54. The van der Waals surface area contributed by atoms with Crippen molar-refractivity contribution in [1.29, 1.82) is 0 Å². The molecule has 1 rings (SSSR count). The van der Waals surface area contributed by atoms with Gasteiger partial charge in [0.15, 0.2) is 11.5 Å². The minimum Gasteiger partial charge on any atom is -0.493 e. The van der Waals surface area contributed by atoms with E-state index in [0.29, 0.717) is 5.75 Å². The van der Waals surface area contributed by atoms with Gasteiger partial charge in [-0.05, 0) is 31.9 Å². The molecule has 4 heteroatoms. The summed E-state index contributed by atoms with van der Waals surface area (Å²) in [6, 6.07) is 1.98. The van der Waals surface area contributed by atoms with Crippen LogP contribution in [0.4, 0.5) is 0 Å². The summed E-state index contributed by atoms with van der Waals surface area (Å²) < 4.78 is 11.8. The number of aryl methyl sites for hydroxylation is 1. The van der Waals surface area contributed by atoms with Crippen molar-refractivity contribution in [2.24, 2.45) is 5.73 Å². The highest BCUT2D eigenvalue weighted by Crippen LogP contribution is 2.43. The summed E-state index contributed by atoms with van der Waals surface area (Å²) in [6.45, 7) is 6.00. The highest BCUT2D eigenvalue weighted by molar-refractivity contribution is 9.10. The number of hydrogen-bond donors (Lipinski definition) is 1. The summed E-state index contributed by atoms with van der Waals surface area (Å²) in [6.07, 6.45) is 0.907. The topological polar surface area (TPSA) is 44.5 Å². The predicted molar refractivity (Wildman–Crippen MR) is 73.8 cm³/mol. The van der Waals surface area contributed by atoms with E-state index in [1.807, 2.05) is 19.9 Å². The summed E-state index contributed by atoms with van der Waals surface area (Å²) in [4.78, 5) is 0. The molecule has 0 fully saturated rings. The van der Waals surface area contributed by atoms with E-state index in [1.54, 1.807) is 14.2 Å². The molecule has 0 aromatic heterocycles. The molecule has 0 aliphatic rings. The monoisotopic (exact) mass is 301 g/mol. The van der Waals surface area contributed by atoms with Crippen molar-refractivity contribution in [3.05, 3.63) is 21.7 Å². The van der Waals surface area contributed by atoms with E-state index in [4.69, 9.17) is 15.2 Å². The van der Waals surface area contributed by atoms with Crippen LogP contribution in [-0.4, -0.2) is 14.2 Å². The van der Waals surface area contributed by atoms with Gasteiger partial charge in [-0.3, -0.25) is 0 Å². The Morgan fingerprint density at radius 2 is 1.88 bits per heavy atom. The summed E-state index contributed by atoms with van der Waals surface area (Å²) in [5.41, 5.74) is 7.82. The van der Waals surface area contributed by atoms with Gasteiger partial charge in [-0.1, -0.05) is 22.9 Å². The fraction of sp³-hybridized carbons (Fsp3) is 0.538. The lowest BCUT2D eigenvalue weighted by atomic mass is 9.92. The Morgan fingerprint density at radius 1 is 1.29 bits per heavy atom. The SMILES string of the molecule is CCc1cc(OC)c(OC)c(C(C)(C)N)c1Br. The van der Waals surface area contributed by atoms with Gasteiger partial charge in [0.25, 0.3) is 0 Å². The van der Waals surface area contributed by atoms with Crippen LogP contribution < -0.4 is 15.2 Å². The van der Waals surface area contributed by atoms with E-state index in [9.17, 15) is 0 Å². The summed E-state index contributed by atoms with van der Waals surface area (Å²) in [5.74, 6) is 1.42. The second kappa shape index (κ2) is 5.27. The van der Waals surface area contributed by atoms with Gasteiger partial charge in [-0.2, -0.15) is 0 Å². The molecule has 1 aromatic rings. The number of rotatable bonds is 4. The van der Waals surface area contributed by atoms with Gasteiger partial charge >= 0.3 is 0 Å². The van der Waals surface area contributed by atoms with Gasteiger partial charge in [0, 0.05) is 15.6 Å². The molecule has 17 heavy (non-hydrogen) atoms. The van der Waals surface area contributed by atoms with Crippen LogP contribution in [0.2, 0.25) is 0 Å². The fourth-order valence-electron chi connectivity index (χ4n) is 1.86.